The van der Waals surface area contributed by atoms with Crippen molar-refractivity contribution < 1.29 is 45.4 Å². The third-order valence-corrected chi connectivity index (χ3v) is 15.5. The summed E-state index contributed by atoms with van der Waals surface area (Å²) in [6.45, 7) is 12.9. The summed E-state index contributed by atoms with van der Waals surface area (Å²) in [5.74, 6) is 0. The van der Waals surface area contributed by atoms with Gasteiger partial charge < -0.3 is 0 Å². The second kappa shape index (κ2) is 18.1. The van der Waals surface area contributed by atoms with E-state index in [0.29, 0.717) is 26.4 Å². The van der Waals surface area contributed by atoms with Gasteiger partial charge in [0.2, 0.25) is 0 Å². The van der Waals surface area contributed by atoms with Crippen LogP contribution in [0.4, 0.5) is 0 Å². The number of benzene rings is 4. The Bertz CT molecular complexity index is 2130. The van der Waals surface area contributed by atoms with E-state index in [0.717, 1.165) is 50.1 Å². The Morgan fingerprint density at radius 2 is 0.981 bits per heavy atom. The fourth-order valence-corrected chi connectivity index (χ4v) is 12.5. The van der Waals surface area contributed by atoms with Gasteiger partial charge in [-0.25, -0.2) is 0 Å². The van der Waals surface area contributed by atoms with Crippen LogP contribution in [-0.4, -0.2) is 26.4 Å². The Morgan fingerprint density at radius 3 is 1.35 bits per heavy atom. The fourth-order valence-electron chi connectivity index (χ4n) is 6.33. The van der Waals surface area contributed by atoms with E-state index < -0.39 is 7.26 Å². The Balaban J connectivity index is 1.46. The molecule has 2 aliphatic rings. The monoisotopic (exact) mass is 1050 g/mol. The summed E-state index contributed by atoms with van der Waals surface area (Å²) in [5, 5.41) is 5.03. The topological polar surface area (TPSA) is 18.5 Å². The van der Waals surface area contributed by atoms with Gasteiger partial charge in [-0.2, -0.15) is 0 Å². The van der Waals surface area contributed by atoms with Crippen molar-refractivity contribution in [3.8, 4) is 8.74 Å². The average molecular weight is 1050 g/mol. The first-order valence-electron chi connectivity index (χ1n) is 17.1. The zero-order chi connectivity index (χ0) is 36.3. The number of hydrogen-bond acceptors (Lipinski definition) is 2. The molecule has 2 saturated heterocycles. The normalized spacial score (nSPS) is 17.5. The van der Waals surface area contributed by atoms with E-state index >= 15 is 0 Å². The molecular weight excluding hydrogens is 1010 g/mol. The third-order valence-electron chi connectivity index (χ3n) is 9.17. The van der Waals surface area contributed by atoms with Gasteiger partial charge in [0.15, 0.2) is 0 Å². The van der Waals surface area contributed by atoms with Gasteiger partial charge in [0, 0.05) is 0 Å². The van der Waals surface area contributed by atoms with Crippen LogP contribution in [0, 0.1) is 8.74 Å². The maximum atomic E-state index is 5.85. The van der Waals surface area contributed by atoms with Gasteiger partial charge in [0.05, 0.1) is 0 Å². The van der Waals surface area contributed by atoms with Crippen LogP contribution in [0.5, 0.6) is 0 Å². The zero-order valence-corrected chi connectivity index (χ0v) is 35.1. The van der Waals surface area contributed by atoms with Gasteiger partial charge in [-0.1, -0.05) is 0 Å². The van der Waals surface area contributed by atoms with E-state index in [4.69, 9.17) is 9.47 Å². The van der Waals surface area contributed by atoms with Crippen molar-refractivity contribution in [1.82, 2.24) is 0 Å². The minimum atomic E-state index is -2.40. The molecule has 260 valence electrons. The Kier molecular flexibility index (Phi) is 13.2. The molecule has 0 aromatic heterocycles. The van der Waals surface area contributed by atoms with Crippen LogP contribution in [0.3, 0.4) is 0 Å². The SMILES string of the molecule is C=C1COCC1=CC(/C=C/c1ccc(/C=C/C(C=C2COCC2=C)=C([C]#[Os])[P+](c2ccccc2)(c2ccccc2)c2ccccc2)cc1)=C(C)[C]#[Os]. The summed E-state index contributed by atoms with van der Waals surface area (Å²) in [6.07, 6.45) is 13.2. The molecule has 0 bridgehead atoms. The molecule has 0 atom stereocenters. The number of allylic oxidation sites excluding steroid dienone is 8. The predicted octanol–water partition coefficient (Wildman–Crippen LogP) is 9.32. The van der Waals surface area contributed by atoms with Gasteiger partial charge in [0.25, 0.3) is 0 Å². The van der Waals surface area contributed by atoms with Crippen molar-refractivity contribution in [2.75, 3.05) is 26.4 Å². The first kappa shape index (κ1) is 37.7. The summed E-state index contributed by atoms with van der Waals surface area (Å²) in [7, 11) is -2.40. The Labute approximate surface area is 328 Å². The van der Waals surface area contributed by atoms with Crippen LogP contribution in [-0.2, 0) is 45.4 Å². The van der Waals surface area contributed by atoms with Crippen molar-refractivity contribution in [2.45, 2.75) is 6.92 Å². The van der Waals surface area contributed by atoms with E-state index in [-0.39, 0.29) is 0 Å². The van der Waals surface area contributed by atoms with Crippen LogP contribution < -0.4 is 15.9 Å². The molecule has 0 spiro atoms. The molecule has 52 heavy (non-hydrogen) atoms. The van der Waals surface area contributed by atoms with Gasteiger partial charge in [-0.05, 0) is 0 Å². The molecule has 2 aliphatic heterocycles. The summed E-state index contributed by atoms with van der Waals surface area (Å²) in [4.78, 5) is 0. The third kappa shape index (κ3) is 8.61. The second-order valence-electron chi connectivity index (χ2n) is 12.6. The minimum absolute atomic E-state index is 0.547. The van der Waals surface area contributed by atoms with E-state index in [2.05, 4.69) is 181 Å². The van der Waals surface area contributed by atoms with Crippen molar-refractivity contribution in [3.63, 3.8) is 0 Å². The van der Waals surface area contributed by atoms with E-state index in [1.54, 1.807) is 35.9 Å². The van der Waals surface area contributed by atoms with Gasteiger partial charge in [0.1, 0.15) is 0 Å². The molecule has 0 saturated carbocycles. The van der Waals surface area contributed by atoms with E-state index in [1.165, 1.54) is 21.2 Å². The molecule has 4 aromatic rings. The zero-order valence-electron chi connectivity index (χ0n) is 29.1. The van der Waals surface area contributed by atoms with E-state index in [1.807, 2.05) is 0 Å². The molecule has 2 fully saturated rings. The van der Waals surface area contributed by atoms with Gasteiger partial charge in [-0.15, -0.1) is 0 Å². The van der Waals surface area contributed by atoms with Crippen LogP contribution in [0.25, 0.3) is 12.2 Å². The molecule has 0 unspecified atom stereocenters. The second-order valence-corrected chi connectivity index (χ2v) is 17.2. The van der Waals surface area contributed by atoms with Crippen molar-refractivity contribution in [2.24, 2.45) is 0 Å². The van der Waals surface area contributed by atoms with Crippen LogP contribution >= 0.6 is 7.26 Å². The Hall–Kier alpha value is -4.02. The standard InChI is InChI=1S/C47H40O2P.2Os/c1-35(2)41(29-43-33-48-31-36(43)3)27-25-39-21-23-40(24-22-39)26-28-42(30-44-34-49-32-37(44)4)38(5)50(45-15-9-6-10-16-45,46-17-11-7-12-18-46)47-19-13-8-14-20-47;;/h6-30H,3-4,31-34H2,1H3;;/q+1;;/b27-25+,28-26+,41-35?,42-38?,43-29?,44-30?;;. The van der Waals surface area contributed by atoms with Gasteiger partial charge in [-0.3, -0.25) is 0 Å². The molecular formula is C47H40O2Os2P+. The molecule has 0 radical (unpaired) electrons. The average Bonchev–Trinajstić information content (AvgIpc) is 3.81. The summed E-state index contributed by atoms with van der Waals surface area (Å²) < 4.78 is 18.6. The quantitative estimate of drug-likeness (QED) is 0.117. The molecule has 5 heteroatoms. The van der Waals surface area contributed by atoms with E-state index in [9.17, 15) is 0 Å². The molecule has 0 N–H and O–H groups in total. The van der Waals surface area contributed by atoms with Gasteiger partial charge >= 0.3 is 331 Å². The summed E-state index contributed by atoms with van der Waals surface area (Å²) in [5.41, 5.74) is 9.88. The summed E-state index contributed by atoms with van der Waals surface area (Å²) >= 11 is 3.53. The number of ether oxygens (including phenoxy) is 2. The van der Waals surface area contributed by atoms with Crippen LogP contribution in [0.2, 0.25) is 0 Å². The molecule has 0 aliphatic carbocycles. The van der Waals surface area contributed by atoms with Crippen molar-refractivity contribution in [1.29, 1.82) is 0 Å². The number of hydrogen-bond donors (Lipinski definition) is 0. The van der Waals surface area contributed by atoms with Crippen LogP contribution in [0.15, 0.2) is 197 Å². The van der Waals surface area contributed by atoms with Crippen molar-refractivity contribution >= 4 is 35.3 Å². The van der Waals surface area contributed by atoms with Crippen molar-refractivity contribution in [3.05, 3.63) is 208 Å². The molecule has 6 rings (SSSR count). The number of rotatable bonds is 10. The maximum absolute atomic E-state index is 5.85. The predicted molar refractivity (Wildman–Crippen MR) is 213 cm³/mol. The molecule has 2 heterocycles. The first-order valence-corrected chi connectivity index (χ1v) is 21.4. The summed E-state index contributed by atoms with van der Waals surface area (Å²) in [6, 6.07) is 41.5. The molecule has 2 nitrogen and oxygen atoms in total. The molecule has 4 aromatic carbocycles. The first-order chi connectivity index (χ1) is 25.4. The fraction of sp³-hybridized carbons (Fsp3) is 0.106. The molecule has 0 amide bonds. The van der Waals surface area contributed by atoms with Crippen LogP contribution in [0.1, 0.15) is 18.1 Å². The Morgan fingerprint density at radius 1 is 0.577 bits per heavy atom.